The zero-order valence-corrected chi connectivity index (χ0v) is 4.09. The number of allylic oxidation sites excluding steroid dienone is 1. The molecule has 0 aliphatic heterocycles. The molecule has 39 valence electrons. The van der Waals surface area contributed by atoms with Crippen LogP contribution in [0.3, 0.4) is 0 Å². The third kappa shape index (κ3) is 5.37. The van der Waals surface area contributed by atoms with Gasteiger partial charge in [-0.25, -0.2) is 0 Å². The fourth-order valence-corrected chi connectivity index (χ4v) is 0.179. The molecule has 1 unspecified atom stereocenters. The van der Waals surface area contributed by atoms with Crippen LogP contribution in [-0.2, 0) is 4.79 Å². The molecule has 0 aromatic heterocycles. The van der Waals surface area contributed by atoms with E-state index in [1.165, 1.54) is 12.4 Å². The third-order valence-electron chi connectivity index (χ3n) is 0.443. The molecule has 0 saturated heterocycles. The molecule has 0 aromatic carbocycles. The number of aliphatic hydroxyl groups is 1. The van der Waals surface area contributed by atoms with Crippen LogP contribution in [-0.4, -0.2) is 17.5 Å². The van der Waals surface area contributed by atoms with Gasteiger partial charge in [-0.15, -0.1) is 0 Å². The molecule has 0 fully saturated rings. The maximum atomic E-state index is 9.39. The van der Waals surface area contributed by atoms with Gasteiger partial charge in [0, 0.05) is 0 Å². The smallest absolute Gasteiger partial charge is 0.225 e. The van der Waals surface area contributed by atoms with Crippen molar-refractivity contribution in [3.05, 3.63) is 12.2 Å². The van der Waals surface area contributed by atoms with Crippen LogP contribution < -0.4 is 0 Å². The Hall–Kier alpha value is -0.630. The Labute approximate surface area is 42.5 Å². The van der Waals surface area contributed by atoms with E-state index in [4.69, 9.17) is 5.11 Å². The number of carbonyl (C=O) groups excluding carboxylic acids is 1. The van der Waals surface area contributed by atoms with E-state index < -0.39 is 6.10 Å². The molecular formula is C5H7O2. The SMILES string of the molecule is CC(O)C=C[C]=O. The van der Waals surface area contributed by atoms with E-state index >= 15 is 0 Å². The molecule has 0 bridgehead atoms. The molecular weight excluding hydrogens is 92.1 g/mol. The summed E-state index contributed by atoms with van der Waals surface area (Å²) in [5.74, 6) is 0. The summed E-state index contributed by atoms with van der Waals surface area (Å²) in [5, 5.41) is 8.42. The minimum absolute atomic E-state index is 0.540. The molecule has 1 N–H and O–H groups in total. The average molecular weight is 99.1 g/mol. The standard InChI is InChI=1S/C5H7O2/c1-5(7)3-2-4-6/h2-3,5,7H,1H3. The van der Waals surface area contributed by atoms with Crippen LogP contribution in [0.5, 0.6) is 0 Å². The molecule has 2 heteroatoms. The average Bonchev–Trinajstić information content (AvgIpc) is 1.61. The van der Waals surface area contributed by atoms with E-state index in [9.17, 15) is 4.79 Å². The van der Waals surface area contributed by atoms with Gasteiger partial charge in [0.15, 0.2) is 0 Å². The summed E-state index contributed by atoms with van der Waals surface area (Å²) < 4.78 is 0. The van der Waals surface area contributed by atoms with E-state index in [2.05, 4.69) is 0 Å². The summed E-state index contributed by atoms with van der Waals surface area (Å²) in [5.41, 5.74) is 0. The van der Waals surface area contributed by atoms with Crippen LogP contribution in [0.25, 0.3) is 0 Å². The van der Waals surface area contributed by atoms with Gasteiger partial charge in [-0.2, -0.15) is 0 Å². The fourth-order valence-electron chi connectivity index (χ4n) is 0.179. The first kappa shape index (κ1) is 6.37. The maximum Gasteiger partial charge on any atom is 0.225 e. The van der Waals surface area contributed by atoms with Gasteiger partial charge in [-0.3, -0.25) is 4.79 Å². The molecule has 0 amide bonds. The highest BCUT2D eigenvalue weighted by molar-refractivity contribution is 5.65. The maximum absolute atomic E-state index is 9.39. The summed E-state index contributed by atoms with van der Waals surface area (Å²) in [6.07, 6.45) is 3.47. The van der Waals surface area contributed by atoms with E-state index in [0.717, 1.165) is 6.08 Å². The molecule has 1 atom stereocenters. The van der Waals surface area contributed by atoms with Crippen molar-refractivity contribution in [3.63, 3.8) is 0 Å². The van der Waals surface area contributed by atoms with Gasteiger partial charge < -0.3 is 5.11 Å². The van der Waals surface area contributed by atoms with Crippen LogP contribution in [0.4, 0.5) is 0 Å². The van der Waals surface area contributed by atoms with E-state index in [1.54, 1.807) is 6.92 Å². The molecule has 0 heterocycles. The topological polar surface area (TPSA) is 37.3 Å². The Kier molecular flexibility index (Phi) is 3.24. The molecule has 0 aliphatic carbocycles. The summed E-state index contributed by atoms with van der Waals surface area (Å²) in [4.78, 5) is 9.39. The van der Waals surface area contributed by atoms with Crippen LogP contribution in [0, 0.1) is 0 Å². The normalized spacial score (nSPS) is 14.6. The highest BCUT2D eigenvalue weighted by Crippen LogP contribution is 1.77. The molecule has 7 heavy (non-hydrogen) atoms. The van der Waals surface area contributed by atoms with Gasteiger partial charge >= 0.3 is 0 Å². The Bertz CT molecular complexity index is 74.1. The lowest BCUT2D eigenvalue weighted by molar-refractivity contribution is 0.244. The predicted octanol–water partition coefficient (Wildman–Crippen LogP) is 0.0331. The second-order valence-corrected chi connectivity index (χ2v) is 1.22. The van der Waals surface area contributed by atoms with Gasteiger partial charge in [-0.1, -0.05) is 6.08 Å². The largest absolute Gasteiger partial charge is 0.389 e. The number of aliphatic hydroxyl groups excluding tert-OH is 1. The highest BCUT2D eigenvalue weighted by Gasteiger charge is 1.80. The molecule has 0 spiro atoms. The van der Waals surface area contributed by atoms with Crippen LogP contribution in [0.2, 0.25) is 0 Å². The van der Waals surface area contributed by atoms with Crippen molar-refractivity contribution in [2.45, 2.75) is 13.0 Å². The van der Waals surface area contributed by atoms with E-state index in [-0.39, 0.29) is 0 Å². The van der Waals surface area contributed by atoms with E-state index in [0.29, 0.717) is 0 Å². The van der Waals surface area contributed by atoms with Gasteiger partial charge in [0.2, 0.25) is 6.29 Å². The van der Waals surface area contributed by atoms with Crippen LogP contribution >= 0.6 is 0 Å². The van der Waals surface area contributed by atoms with E-state index in [1.807, 2.05) is 0 Å². The Morgan fingerprint density at radius 1 is 1.86 bits per heavy atom. The van der Waals surface area contributed by atoms with Gasteiger partial charge in [0.1, 0.15) is 0 Å². The fraction of sp³-hybridized carbons (Fsp3) is 0.400. The first-order valence-corrected chi connectivity index (χ1v) is 2.00. The predicted molar refractivity (Wildman–Crippen MR) is 26.5 cm³/mol. The molecule has 0 saturated carbocycles. The lowest BCUT2D eigenvalue weighted by Gasteiger charge is -1.86. The van der Waals surface area contributed by atoms with Gasteiger partial charge in [-0.05, 0) is 13.0 Å². The molecule has 0 rings (SSSR count). The second kappa shape index (κ2) is 3.56. The summed E-state index contributed by atoms with van der Waals surface area (Å²) >= 11 is 0. The molecule has 1 radical (unpaired) electrons. The monoisotopic (exact) mass is 99.0 g/mol. The van der Waals surface area contributed by atoms with Crippen molar-refractivity contribution >= 4 is 6.29 Å². The van der Waals surface area contributed by atoms with Crippen molar-refractivity contribution < 1.29 is 9.90 Å². The highest BCUT2D eigenvalue weighted by atomic mass is 16.3. The lowest BCUT2D eigenvalue weighted by Crippen LogP contribution is -1.90. The summed E-state index contributed by atoms with van der Waals surface area (Å²) in [7, 11) is 0. The lowest BCUT2D eigenvalue weighted by atomic mass is 10.4. The molecule has 0 aliphatic rings. The minimum Gasteiger partial charge on any atom is -0.389 e. The number of hydrogen-bond acceptors (Lipinski definition) is 2. The molecule has 0 aromatic rings. The zero-order chi connectivity index (χ0) is 5.70. The van der Waals surface area contributed by atoms with Crippen molar-refractivity contribution in [2.24, 2.45) is 0 Å². The second-order valence-electron chi connectivity index (χ2n) is 1.22. The van der Waals surface area contributed by atoms with Crippen molar-refractivity contribution in [3.8, 4) is 0 Å². The molecule has 2 nitrogen and oxygen atoms in total. The van der Waals surface area contributed by atoms with Crippen molar-refractivity contribution in [2.75, 3.05) is 0 Å². The first-order chi connectivity index (χ1) is 3.27. The quantitative estimate of drug-likeness (QED) is 0.496. The Balaban J connectivity index is 3.25. The number of rotatable bonds is 2. The van der Waals surface area contributed by atoms with Crippen molar-refractivity contribution in [1.29, 1.82) is 0 Å². The Morgan fingerprint density at radius 2 is 2.43 bits per heavy atom. The minimum atomic E-state index is -0.540. The first-order valence-electron chi connectivity index (χ1n) is 2.00. The van der Waals surface area contributed by atoms with Crippen LogP contribution in [0.1, 0.15) is 6.92 Å². The van der Waals surface area contributed by atoms with Gasteiger partial charge in [0.05, 0.1) is 6.10 Å². The summed E-state index contributed by atoms with van der Waals surface area (Å²) in [6.45, 7) is 1.56. The van der Waals surface area contributed by atoms with Crippen LogP contribution in [0.15, 0.2) is 12.2 Å². The van der Waals surface area contributed by atoms with Gasteiger partial charge in [0.25, 0.3) is 0 Å². The van der Waals surface area contributed by atoms with Crippen molar-refractivity contribution in [1.82, 2.24) is 0 Å². The zero-order valence-electron chi connectivity index (χ0n) is 4.09. The summed E-state index contributed by atoms with van der Waals surface area (Å²) in [6, 6.07) is 0. The Morgan fingerprint density at radius 3 is 2.57 bits per heavy atom. The third-order valence-corrected chi connectivity index (χ3v) is 0.443. The number of hydrogen-bond donors (Lipinski definition) is 1.